The summed E-state index contributed by atoms with van der Waals surface area (Å²) in [6, 6.07) is 10.3. The molecule has 0 atom stereocenters. The number of rotatable bonds is 11. The molecule has 1 aliphatic carbocycles. The molecular weight excluding hydrogens is 462 g/mol. The van der Waals surface area contributed by atoms with Gasteiger partial charge in [-0.1, -0.05) is 76.1 Å². The predicted molar refractivity (Wildman–Crippen MR) is 145 cm³/mol. The minimum Gasteiger partial charge on any atom is -0.299 e. The van der Waals surface area contributed by atoms with Gasteiger partial charge in [0.15, 0.2) is 5.82 Å². The standard InChI is InChI=1S/C29H37N7O/c1-2-3-5-10-25-21-35(18-16-22-8-6-4-7-9-22)29(37)36(25)20-23-11-13-24(14-12-23)27-19-30-17-15-26(27)28-31-33-34-32-28/h11-15,17,19,21-22H,2-10,16,18,20H2,1H3,(H,31,32,33,34). The summed E-state index contributed by atoms with van der Waals surface area (Å²) >= 11 is 0. The molecule has 3 heterocycles. The minimum absolute atomic E-state index is 0.124. The van der Waals surface area contributed by atoms with Gasteiger partial charge in [0.2, 0.25) is 0 Å². The smallest absolute Gasteiger partial charge is 0.299 e. The van der Waals surface area contributed by atoms with Gasteiger partial charge in [-0.3, -0.25) is 14.1 Å². The second-order valence-electron chi connectivity index (χ2n) is 10.3. The Bertz CT molecular complexity index is 1320. The zero-order valence-electron chi connectivity index (χ0n) is 21.8. The molecule has 0 unspecified atom stereocenters. The number of aryl methyl sites for hydroxylation is 2. The van der Waals surface area contributed by atoms with Crippen LogP contribution >= 0.6 is 0 Å². The van der Waals surface area contributed by atoms with Gasteiger partial charge >= 0.3 is 5.69 Å². The number of benzene rings is 1. The molecule has 8 nitrogen and oxygen atoms in total. The molecule has 8 heteroatoms. The summed E-state index contributed by atoms with van der Waals surface area (Å²) in [5, 5.41) is 14.3. The Morgan fingerprint density at radius 3 is 2.62 bits per heavy atom. The number of hydrogen-bond acceptors (Lipinski definition) is 5. The van der Waals surface area contributed by atoms with Crippen molar-refractivity contribution in [1.29, 1.82) is 0 Å². The zero-order valence-corrected chi connectivity index (χ0v) is 21.8. The second-order valence-corrected chi connectivity index (χ2v) is 10.3. The number of hydrogen-bond donors (Lipinski definition) is 1. The number of tetrazole rings is 1. The third kappa shape index (κ3) is 6.06. The molecule has 0 bridgehead atoms. The van der Waals surface area contributed by atoms with Crippen LogP contribution in [0.1, 0.15) is 76.0 Å². The molecule has 1 aromatic carbocycles. The van der Waals surface area contributed by atoms with E-state index >= 15 is 0 Å². The highest BCUT2D eigenvalue weighted by Crippen LogP contribution is 2.29. The fraction of sp³-hybridized carbons (Fsp3) is 0.483. The Hall–Kier alpha value is -3.55. The van der Waals surface area contributed by atoms with E-state index < -0.39 is 0 Å². The van der Waals surface area contributed by atoms with E-state index in [0.717, 1.165) is 59.7 Å². The summed E-state index contributed by atoms with van der Waals surface area (Å²) in [5.74, 6) is 1.38. The molecule has 0 aliphatic heterocycles. The van der Waals surface area contributed by atoms with E-state index in [1.165, 1.54) is 44.9 Å². The van der Waals surface area contributed by atoms with Gasteiger partial charge < -0.3 is 0 Å². The van der Waals surface area contributed by atoms with Crippen LogP contribution in [0.25, 0.3) is 22.5 Å². The van der Waals surface area contributed by atoms with E-state index in [-0.39, 0.29) is 5.69 Å². The van der Waals surface area contributed by atoms with Gasteiger partial charge in [-0.25, -0.2) is 9.89 Å². The summed E-state index contributed by atoms with van der Waals surface area (Å²) in [6.07, 6.45) is 17.9. The molecular formula is C29H37N7O. The lowest BCUT2D eigenvalue weighted by molar-refractivity contribution is 0.322. The van der Waals surface area contributed by atoms with Crippen LogP contribution in [0.2, 0.25) is 0 Å². The van der Waals surface area contributed by atoms with Crippen molar-refractivity contribution in [1.82, 2.24) is 34.7 Å². The molecule has 0 saturated heterocycles. The van der Waals surface area contributed by atoms with Gasteiger partial charge in [0.05, 0.1) is 6.54 Å². The highest BCUT2D eigenvalue weighted by Gasteiger charge is 2.17. The van der Waals surface area contributed by atoms with E-state index in [1.54, 1.807) is 6.20 Å². The number of aromatic amines is 1. The maximum atomic E-state index is 13.5. The number of unbranched alkanes of at least 4 members (excludes halogenated alkanes) is 2. The van der Waals surface area contributed by atoms with Crippen molar-refractivity contribution in [3.63, 3.8) is 0 Å². The fourth-order valence-electron chi connectivity index (χ4n) is 5.54. The first-order valence-corrected chi connectivity index (χ1v) is 13.8. The molecule has 37 heavy (non-hydrogen) atoms. The van der Waals surface area contributed by atoms with Crippen LogP contribution in [0, 0.1) is 5.92 Å². The van der Waals surface area contributed by atoms with Gasteiger partial charge in [0, 0.05) is 42.0 Å². The van der Waals surface area contributed by atoms with Crippen molar-refractivity contribution in [2.24, 2.45) is 5.92 Å². The average molecular weight is 500 g/mol. The lowest BCUT2D eigenvalue weighted by Crippen LogP contribution is -2.26. The minimum atomic E-state index is 0.124. The normalized spacial score (nSPS) is 14.3. The Morgan fingerprint density at radius 1 is 1.03 bits per heavy atom. The van der Waals surface area contributed by atoms with Gasteiger partial charge in [-0.15, -0.1) is 5.10 Å². The topological polar surface area (TPSA) is 94.3 Å². The Balaban J connectivity index is 1.35. The number of pyridine rings is 1. The van der Waals surface area contributed by atoms with Crippen molar-refractivity contribution in [3.8, 4) is 22.5 Å². The number of H-pyrrole nitrogens is 1. The van der Waals surface area contributed by atoms with E-state index in [4.69, 9.17) is 0 Å². The van der Waals surface area contributed by atoms with Crippen LogP contribution in [0.5, 0.6) is 0 Å². The number of aromatic nitrogens is 7. The van der Waals surface area contributed by atoms with Crippen LogP contribution in [0.3, 0.4) is 0 Å². The van der Waals surface area contributed by atoms with Crippen LogP contribution in [-0.2, 0) is 19.5 Å². The molecule has 1 N–H and O–H groups in total. The lowest BCUT2D eigenvalue weighted by atomic mass is 9.87. The Labute approximate surface area is 218 Å². The van der Waals surface area contributed by atoms with Crippen molar-refractivity contribution >= 4 is 0 Å². The van der Waals surface area contributed by atoms with E-state index in [9.17, 15) is 4.79 Å². The number of imidazole rings is 1. The lowest BCUT2D eigenvalue weighted by Gasteiger charge is -2.21. The number of nitrogens with zero attached hydrogens (tertiary/aromatic N) is 6. The molecule has 5 rings (SSSR count). The van der Waals surface area contributed by atoms with Gasteiger partial charge in [0.25, 0.3) is 0 Å². The molecule has 194 valence electrons. The summed E-state index contributed by atoms with van der Waals surface area (Å²) in [4.78, 5) is 17.8. The van der Waals surface area contributed by atoms with E-state index in [2.05, 4.69) is 63.0 Å². The quantitative estimate of drug-likeness (QED) is 0.269. The highest BCUT2D eigenvalue weighted by molar-refractivity contribution is 5.79. The summed E-state index contributed by atoms with van der Waals surface area (Å²) < 4.78 is 3.96. The molecule has 0 radical (unpaired) electrons. The molecule has 1 saturated carbocycles. The van der Waals surface area contributed by atoms with Gasteiger partial charge in [-0.05, 0) is 52.8 Å². The summed E-state index contributed by atoms with van der Waals surface area (Å²) in [5.41, 5.74) is 5.27. The molecule has 3 aromatic heterocycles. The Morgan fingerprint density at radius 2 is 1.86 bits per heavy atom. The SMILES string of the molecule is CCCCCc1cn(CCC2CCCCC2)c(=O)n1Cc1ccc(-c2cnccc2-c2nnn[nH]2)cc1. The highest BCUT2D eigenvalue weighted by atomic mass is 16.1. The van der Waals surface area contributed by atoms with Crippen molar-refractivity contribution < 1.29 is 0 Å². The Kier molecular flexibility index (Phi) is 8.23. The van der Waals surface area contributed by atoms with Crippen LogP contribution < -0.4 is 5.69 Å². The first kappa shape index (κ1) is 25.1. The van der Waals surface area contributed by atoms with Crippen molar-refractivity contribution in [2.45, 2.75) is 84.2 Å². The second kappa shape index (κ2) is 12.1. The molecule has 1 fully saturated rings. The average Bonchev–Trinajstić information content (AvgIpc) is 3.58. The van der Waals surface area contributed by atoms with E-state index in [1.807, 2.05) is 21.4 Å². The van der Waals surface area contributed by atoms with Crippen molar-refractivity contribution in [2.75, 3.05) is 0 Å². The van der Waals surface area contributed by atoms with Crippen LogP contribution in [0.15, 0.2) is 53.7 Å². The molecule has 4 aromatic rings. The largest absolute Gasteiger partial charge is 0.328 e. The van der Waals surface area contributed by atoms with Crippen molar-refractivity contribution in [3.05, 3.63) is 70.7 Å². The molecule has 0 spiro atoms. The van der Waals surface area contributed by atoms with Gasteiger partial charge in [0.1, 0.15) is 0 Å². The third-order valence-corrected chi connectivity index (χ3v) is 7.69. The maximum Gasteiger partial charge on any atom is 0.328 e. The summed E-state index contributed by atoms with van der Waals surface area (Å²) in [6.45, 7) is 3.63. The van der Waals surface area contributed by atoms with Crippen LogP contribution in [-0.4, -0.2) is 34.7 Å². The van der Waals surface area contributed by atoms with E-state index in [0.29, 0.717) is 12.4 Å². The van der Waals surface area contributed by atoms with Gasteiger partial charge in [-0.2, -0.15) is 0 Å². The first-order chi connectivity index (χ1) is 18.2. The molecule has 1 aliphatic rings. The fourth-order valence-corrected chi connectivity index (χ4v) is 5.54. The monoisotopic (exact) mass is 499 g/mol. The first-order valence-electron chi connectivity index (χ1n) is 13.8. The third-order valence-electron chi connectivity index (χ3n) is 7.69. The zero-order chi connectivity index (χ0) is 25.5. The van der Waals surface area contributed by atoms with Crippen LogP contribution in [0.4, 0.5) is 0 Å². The number of nitrogens with one attached hydrogen (secondary N) is 1. The summed E-state index contributed by atoms with van der Waals surface area (Å²) in [7, 11) is 0. The predicted octanol–water partition coefficient (Wildman–Crippen LogP) is 5.64. The molecule has 0 amide bonds. The maximum absolute atomic E-state index is 13.5.